The van der Waals surface area contributed by atoms with Gasteiger partial charge in [-0.15, -0.1) is 0 Å². The molecule has 0 aliphatic heterocycles. The van der Waals surface area contributed by atoms with Gasteiger partial charge < -0.3 is 19.5 Å². The summed E-state index contributed by atoms with van der Waals surface area (Å²) in [6, 6.07) is 1.92. The van der Waals surface area contributed by atoms with Crippen LogP contribution in [0, 0.1) is 11.3 Å². The van der Waals surface area contributed by atoms with Gasteiger partial charge in [-0.2, -0.15) is 5.26 Å². The number of esters is 2. The van der Waals surface area contributed by atoms with Crippen molar-refractivity contribution in [3.05, 3.63) is 0 Å². The van der Waals surface area contributed by atoms with Gasteiger partial charge in [-0.25, -0.2) is 9.36 Å². The lowest BCUT2D eigenvalue weighted by Gasteiger charge is -2.24. The van der Waals surface area contributed by atoms with Crippen LogP contribution in [-0.4, -0.2) is 62.7 Å². The molecule has 0 aliphatic rings. The van der Waals surface area contributed by atoms with Crippen LogP contribution < -0.4 is 5.32 Å². The maximum absolute atomic E-state index is 13.7. The zero-order chi connectivity index (χ0) is 45.8. The molecule has 1 N–H and O–H groups in total. The molecule has 0 saturated carbocycles. The monoisotopic (exact) mass is 901 g/mol. The van der Waals surface area contributed by atoms with Crippen molar-refractivity contribution in [3.8, 4) is 6.07 Å². The molecule has 13 heteroatoms. The van der Waals surface area contributed by atoms with Crippen LogP contribution in [0.15, 0.2) is 0 Å². The van der Waals surface area contributed by atoms with Crippen LogP contribution in [0.5, 0.6) is 0 Å². The molecule has 0 aromatic heterocycles. The standard InChI is InChI=1S/C49H93N2O10P/c1-6-8-10-12-14-16-18-20-22-24-26-28-30-32-34-37-46(52)56-43-45(61-62(55,58-41-36-39-50)59-42-40-51-48(54)60-49(3,4)5)44-57-47(53)38-35-33-31-29-27-25-23-21-19-17-15-13-11-9-7-2/h45H,6-38,40-44H2,1-5H3,(H,51,54). The quantitative estimate of drug-likeness (QED) is 0.0268. The fourth-order valence-corrected chi connectivity index (χ4v) is 8.33. The summed E-state index contributed by atoms with van der Waals surface area (Å²) in [5, 5.41) is 11.5. The zero-order valence-corrected chi connectivity index (χ0v) is 41.3. The van der Waals surface area contributed by atoms with E-state index in [1.165, 1.54) is 141 Å². The molecule has 1 unspecified atom stereocenters. The zero-order valence-electron chi connectivity index (χ0n) is 40.4. The molecular weight excluding hydrogens is 808 g/mol. The van der Waals surface area contributed by atoms with E-state index in [-0.39, 0.29) is 52.2 Å². The van der Waals surface area contributed by atoms with E-state index >= 15 is 0 Å². The van der Waals surface area contributed by atoms with Crippen molar-refractivity contribution < 1.29 is 46.7 Å². The van der Waals surface area contributed by atoms with Crippen LogP contribution >= 0.6 is 7.82 Å². The van der Waals surface area contributed by atoms with Crippen LogP contribution in [0.3, 0.4) is 0 Å². The molecule has 0 aliphatic carbocycles. The number of alkyl carbamates (subject to hydrolysis) is 1. The highest BCUT2D eigenvalue weighted by molar-refractivity contribution is 7.48. The molecule has 1 amide bonds. The lowest BCUT2D eigenvalue weighted by molar-refractivity contribution is -0.152. The van der Waals surface area contributed by atoms with Crippen molar-refractivity contribution in [2.24, 2.45) is 0 Å². The Morgan fingerprint density at radius 1 is 0.548 bits per heavy atom. The van der Waals surface area contributed by atoms with Crippen LogP contribution in [-0.2, 0) is 41.9 Å². The van der Waals surface area contributed by atoms with E-state index in [9.17, 15) is 18.9 Å². The van der Waals surface area contributed by atoms with E-state index in [4.69, 9.17) is 33.0 Å². The predicted octanol–water partition coefficient (Wildman–Crippen LogP) is 14.6. The average Bonchev–Trinajstić information content (AvgIpc) is 3.23. The first-order valence-corrected chi connectivity index (χ1v) is 26.6. The maximum Gasteiger partial charge on any atom is 0.475 e. The number of nitriles is 1. The fraction of sp³-hybridized carbons (Fsp3) is 0.918. The van der Waals surface area contributed by atoms with Gasteiger partial charge in [0.1, 0.15) is 24.9 Å². The van der Waals surface area contributed by atoms with E-state index < -0.39 is 37.6 Å². The summed E-state index contributed by atoms with van der Waals surface area (Å²) in [5.41, 5.74) is -0.704. The third-order valence-corrected chi connectivity index (χ3v) is 12.1. The molecule has 0 aromatic carbocycles. The molecule has 0 saturated heterocycles. The summed E-state index contributed by atoms with van der Waals surface area (Å²) in [6.45, 7) is 8.43. The Hall–Kier alpha value is -2.19. The molecule has 364 valence electrons. The normalized spacial score (nSPS) is 12.5. The Kier molecular flexibility index (Phi) is 41.2. The highest BCUT2D eigenvalue weighted by atomic mass is 31.2. The summed E-state index contributed by atoms with van der Waals surface area (Å²) in [5.74, 6) is -0.861. The van der Waals surface area contributed by atoms with Gasteiger partial charge in [0, 0.05) is 19.4 Å². The molecule has 0 rings (SSSR count). The Morgan fingerprint density at radius 2 is 0.887 bits per heavy atom. The molecular formula is C49H93N2O10P. The second-order valence-electron chi connectivity index (χ2n) is 17.9. The first-order chi connectivity index (χ1) is 29.9. The number of carbonyl (C=O) groups is 3. The minimum absolute atomic E-state index is 0.0724. The Morgan fingerprint density at radius 3 is 1.23 bits per heavy atom. The van der Waals surface area contributed by atoms with E-state index in [1.54, 1.807) is 20.8 Å². The van der Waals surface area contributed by atoms with Gasteiger partial charge in [-0.3, -0.25) is 23.2 Å². The van der Waals surface area contributed by atoms with Crippen LogP contribution in [0.25, 0.3) is 0 Å². The van der Waals surface area contributed by atoms with Crippen molar-refractivity contribution in [3.63, 3.8) is 0 Å². The van der Waals surface area contributed by atoms with E-state index in [0.717, 1.165) is 38.5 Å². The van der Waals surface area contributed by atoms with Gasteiger partial charge in [-0.05, 0) is 33.6 Å². The van der Waals surface area contributed by atoms with Gasteiger partial charge >= 0.3 is 25.9 Å². The van der Waals surface area contributed by atoms with E-state index in [0.29, 0.717) is 12.8 Å². The molecule has 0 spiro atoms. The number of nitrogens with zero attached hydrogens (tertiary/aromatic N) is 1. The highest BCUT2D eigenvalue weighted by Crippen LogP contribution is 2.50. The van der Waals surface area contributed by atoms with Crippen LogP contribution in [0.1, 0.15) is 247 Å². The van der Waals surface area contributed by atoms with Crippen LogP contribution in [0.2, 0.25) is 0 Å². The first-order valence-electron chi connectivity index (χ1n) is 25.2. The summed E-state index contributed by atoms with van der Waals surface area (Å²) in [7, 11) is -4.36. The number of ether oxygens (including phenoxy) is 3. The average molecular weight is 901 g/mol. The number of phosphoric acid groups is 1. The summed E-state index contributed by atoms with van der Waals surface area (Å²) >= 11 is 0. The summed E-state index contributed by atoms with van der Waals surface area (Å²) in [6.07, 6.45) is 35.3. The summed E-state index contributed by atoms with van der Waals surface area (Å²) in [4.78, 5) is 37.5. The number of amides is 1. The second kappa shape index (κ2) is 42.7. The number of rotatable bonds is 45. The minimum atomic E-state index is -4.36. The van der Waals surface area contributed by atoms with Gasteiger partial charge in [0.05, 0.1) is 25.7 Å². The Bertz CT molecular complexity index is 1110. The maximum atomic E-state index is 13.7. The topological polar surface area (TPSA) is 159 Å². The minimum Gasteiger partial charge on any atom is -0.463 e. The van der Waals surface area contributed by atoms with Crippen molar-refractivity contribution in [2.45, 2.75) is 258 Å². The van der Waals surface area contributed by atoms with Gasteiger partial charge in [0.2, 0.25) is 0 Å². The SMILES string of the molecule is CCCCCCCCCCCCCCCCCC(=O)OCC(COC(=O)CCCCCCCCCCCCCCCCC)OP(=O)(OCCC#N)OCCNC(=O)OC(C)(C)C. The van der Waals surface area contributed by atoms with Crippen molar-refractivity contribution in [2.75, 3.05) is 33.0 Å². The van der Waals surface area contributed by atoms with E-state index in [1.807, 2.05) is 6.07 Å². The third kappa shape index (κ3) is 43.1. The Balaban J connectivity index is 4.81. The number of hydrogen-bond donors (Lipinski definition) is 1. The number of carbonyl (C=O) groups excluding carboxylic acids is 3. The molecule has 62 heavy (non-hydrogen) atoms. The first kappa shape index (κ1) is 59.8. The number of phosphoric ester groups is 1. The van der Waals surface area contributed by atoms with E-state index in [2.05, 4.69) is 19.2 Å². The highest BCUT2D eigenvalue weighted by Gasteiger charge is 2.33. The molecule has 1 atom stereocenters. The number of hydrogen-bond acceptors (Lipinski definition) is 11. The lowest BCUT2D eigenvalue weighted by Crippen LogP contribution is -2.34. The predicted molar refractivity (Wildman–Crippen MR) is 250 cm³/mol. The van der Waals surface area contributed by atoms with Crippen molar-refractivity contribution >= 4 is 25.9 Å². The van der Waals surface area contributed by atoms with Crippen molar-refractivity contribution in [1.29, 1.82) is 5.26 Å². The molecule has 0 bridgehead atoms. The van der Waals surface area contributed by atoms with Gasteiger partial charge in [-0.1, -0.05) is 194 Å². The Labute approximate surface area is 379 Å². The van der Waals surface area contributed by atoms with Crippen LogP contribution in [0.4, 0.5) is 4.79 Å². The molecule has 0 radical (unpaired) electrons. The second-order valence-corrected chi connectivity index (χ2v) is 19.6. The molecule has 0 aromatic rings. The van der Waals surface area contributed by atoms with Crippen molar-refractivity contribution in [1.82, 2.24) is 5.32 Å². The molecule has 12 nitrogen and oxygen atoms in total. The summed E-state index contributed by atoms with van der Waals surface area (Å²) < 4.78 is 46.5. The van der Waals surface area contributed by atoms with Gasteiger partial charge in [0.15, 0.2) is 0 Å². The molecule has 0 fully saturated rings. The smallest absolute Gasteiger partial charge is 0.463 e. The fourth-order valence-electron chi connectivity index (χ4n) is 7.01. The number of unbranched alkanes of at least 4 members (excludes halogenated alkanes) is 28. The lowest BCUT2D eigenvalue weighted by atomic mass is 10.0. The molecule has 0 heterocycles. The third-order valence-electron chi connectivity index (χ3n) is 10.6. The number of nitrogens with one attached hydrogen (secondary N) is 1. The largest absolute Gasteiger partial charge is 0.475 e. The van der Waals surface area contributed by atoms with Gasteiger partial charge in [0.25, 0.3) is 0 Å².